The summed E-state index contributed by atoms with van der Waals surface area (Å²) >= 11 is 1.76. The highest BCUT2D eigenvalue weighted by molar-refractivity contribution is 7.09. The van der Waals surface area contributed by atoms with Crippen LogP contribution in [-0.4, -0.2) is 28.8 Å². The number of piperidine rings is 1. The predicted octanol–water partition coefficient (Wildman–Crippen LogP) is 3.07. The third kappa shape index (κ3) is 3.39. The first-order valence-electron chi connectivity index (χ1n) is 6.73. The van der Waals surface area contributed by atoms with E-state index in [4.69, 9.17) is 0 Å². The van der Waals surface area contributed by atoms with E-state index in [0.29, 0.717) is 17.6 Å². The molecule has 3 nitrogen and oxygen atoms in total. The lowest BCUT2D eigenvalue weighted by Gasteiger charge is -2.30. The van der Waals surface area contributed by atoms with Crippen molar-refractivity contribution in [2.75, 3.05) is 13.1 Å². The molecule has 1 fully saturated rings. The zero-order valence-corrected chi connectivity index (χ0v) is 12.3. The Balaban J connectivity index is 1.85. The Morgan fingerprint density at radius 3 is 2.67 bits per heavy atom. The largest absolute Gasteiger partial charge is 0.300 e. The quantitative estimate of drug-likeness (QED) is 0.839. The van der Waals surface area contributed by atoms with E-state index in [2.05, 4.69) is 29.1 Å². The molecule has 0 radical (unpaired) electrons. The van der Waals surface area contributed by atoms with Gasteiger partial charge in [-0.25, -0.2) is 4.98 Å². The van der Waals surface area contributed by atoms with Crippen molar-refractivity contribution in [2.45, 2.75) is 46.1 Å². The molecule has 18 heavy (non-hydrogen) atoms. The van der Waals surface area contributed by atoms with Crippen LogP contribution < -0.4 is 0 Å². The number of Topliss-reactive ketones (excluding diaryl/α,β-unsaturated/α-hetero) is 1. The van der Waals surface area contributed by atoms with E-state index in [9.17, 15) is 4.79 Å². The molecule has 100 valence electrons. The molecule has 0 atom stereocenters. The van der Waals surface area contributed by atoms with Crippen molar-refractivity contribution in [3.8, 4) is 0 Å². The first kappa shape index (κ1) is 13.7. The van der Waals surface area contributed by atoms with Crippen molar-refractivity contribution < 1.29 is 4.79 Å². The molecule has 1 aliphatic heterocycles. The molecule has 0 amide bonds. The van der Waals surface area contributed by atoms with Crippen LogP contribution in [0.25, 0.3) is 0 Å². The van der Waals surface area contributed by atoms with E-state index >= 15 is 0 Å². The Morgan fingerprint density at radius 1 is 1.50 bits per heavy atom. The van der Waals surface area contributed by atoms with Gasteiger partial charge in [-0.2, -0.15) is 0 Å². The van der Waals surface area contributed by atoms with Crippen molar-refractivity contribution in [1.29, 1.82) is 0 Å². The van der Waals surface area contributed by atoms with Gasteiger partial charge in [0.05, 0.1) is 10.7 Å². The number of hydrogen-bond donors (Lipinski definition) is 0. The van der Waals surface area contributed by atoms with Gasteiger partial charge in [-0.05, 0) is 32.9 Å². The molecule has 0 saturated carbocycles. The maximum atomic E-state index is 11.3. The van der Waals surface area contributed by atoms with E-state index in [0.717, 1.165) is 32.5 Å². The Morgan fingerprint density at radius 2 is 2.17 bits per heavy atom. The smallest absolute Gasteiger partial charge is 0.133 e. The van der Waals surface area contributed by atoms with Gasteiger partial charge in [-0.3, -0.25) is 9.69 Å². The summed E-state index contributed by atoms with van der Waals surface area (Å²) < 4.78 is 0. The third-order valence-electron chi connectivity index (χ3n) is 3.61. The van der Waals surface area contributed by atoms with Crippen LogP contribution in [0.4, 0.5) is 0 Å². The summed E-state index contributed by atoms with van der Waals surface area (Å²) in [4.78, 5) is 18.4. The van der Waals surface area contributed by atoms with Gasteiger partial charge in [0, 0.05) is 23.8 Å². The number of carbonyl (C=O) groups excluding carboxylic acids is 1. The van der Waals surface area contributed by atoms with E-state index < -0.39 is 0 Å². The first-order chi connectivity index (χ1) is 8.56. The van der Waals surface area contributed by atoms with Crippen LogP contribution in [0.3, 0.4) is 0 Å². The lowest BCUT2D eigenvalue weighted by Crippen LogP contribution is -2.35. The van der Waals surface area contributed by atoms with Crippen LogP contribution in [0, 0.1) is 5.92 Å². The van der Waals surface area contributed by atoms with Crippen molar-refractivity contribution in [3.05, 3.63) is 16.1 Å². The van der Waals surface area contributed by atoms with Gasteiger partial charge in [0.1, 0.15) is 5.78 Å². The van der Waals surface area contributed by atoms with Gasteiger partial charge < -0.3 is 0 Å². The molecule has 0 unspecified atom stereocenters. The molecule has 0 aliphatic carbocycles. The summed E-state index contributed by atoms with van der Waals surface area (Å²) in [5.74, 6) is 1.17. The van der Waals surface area contributed by atoms with Gasteiger partial charge >= 0.3 is 0 Å². The number of hydrogen-bond acceptors (Lipinski definition) is 4. The minimum Gasteiger partial charge on any atom is -0.300 e. The summed E-state index contributed by atoms with van der Waals surface area (Å²) in [6.45, 7) is 9.07. The average molecular weight is 266 g/mol. The van der Waals surface area contributed by atoms with Gasteiger partial charge in [0.2, 0.25) is 0 Å². The maximum Gasteiger partial charge on any atom is 0.133 e. The second kappa shape index (κ2) is 5.93. The van der Waals surface area contributed by atoms with Crippen LogP contribution in [0.1, 0.15) is 50.2 Å². The molecule has 2 rings (SSSR count). The summed E-state index contributed by atoms with van der Waals surface area (Å²) in [6, 6.07) is 0. The molecule has 1 aromatic heterocycles. The van der Waals surface area contributed by atoms with E-state index in [1.54, 1.807) is 18.3 Å². The van der Waals surface area contributed by atoms with Crippen LogP contribution >= 0.6 is 11.3 Å². The lowest BCUT2D eigenvalue weighted by atomic mass is 9.93. The molecule has 0 N–H and O–H groups in total. The highest BCUT2D eigenvalue weighted by atomic mass is 32.1. The summed E-state index contributed by atoms with van der Waals surface area (Å²) in [6.07, 6.45) is 2.02. The second-order valence-corrected chi connectivity index (χ2v) is 6.38. The molecule has 1 aromatic rings. The highest BCUT2D eigenvalue weighted by Crippen LogP contribution is 2.22. The van der Waals surface area contributed by atoms with Gasteiger partial charge in [-0.15, -0.1) is 11.3 Å². The Hall–Kier alpha value is -0.740. The molecular weight excluding hydrogens is 244 g/mol. The highest BCUT2D eigenvalue weighted by Gasteiger charge is 2.22. The standard InChI is InChI=1S/C14H22N2OS/c1-10(2)14-15-13(9-18-14)8-16-6-4-12(5-7-16)11(3)17/h9-10,12H,4-8H2,1-3H3. The van der Waals surface area contributed by atoms with E-state index in [1.165, 1.54) is 10.7 Å². The topological polar surface area (TPSA) is 33.2 Å². The van der Waals surface area contributed by atoms with Crippen molar-refractivity contribution >= 4 is 17.1 Å². The summed E-state index contributed by atoms with van der Waals surface area (Å²) in [7, 11) is 0. The zero-order valence-electron chi connectivity index (χ0n) is 11.5. The SMILES string of the molecule is CC(=O)C1CCN(Cc2csc(C(C)C)n2)CC1. The Kier molecular flexibility index (Phi) is 4.51. The number of rotatable bonds is 4. The van der Waals surface area contributed by atoms with Crippen LogP contribution in [0.15, 0.2) is 5.38 Å². The minimum atomic E-state index is 0.294. The second-order valence-electron chi connectivity index (χ2n) is 5.49. The molecular formula is C14H22N2OS. The van der Waals surface area contributed by atoms with Crippen LogP contribution in [-0.2, 0) is 11.3 Å². The summed E-state index contributed by atoms with van der Waals surface area (Å²) in [5, 5.41) is 3.40. The number of ketones is 1. The Labute approximate surface area is 113 Å². The molecule has 2 heterocycles. The van der Waals surface area contributed by atoms with Crippen LogP contribution in [0.5, 0.6) is 0 Å². The lowest BCUT2D eigenvalue weighted by molar-refractivity contribution is -0.122. The number of likely N-dealkylation sites (tertiary alicyclic amines) is 1. The minimum absolute atomic E-state index is 0.294. The molecule has 1 aliphatic rings. The number of thiazole rings is 1. The van der Waals surface area contributed by atoms with Crippen LogP contribution in [0.2, 0.25) is 0 Å². The number of aromatic nitrogens is 1. The molecule has 0 spiro atoms. The van der Waals surface area contributed by atoms with Gasteiger partial charge in [-0.1, -0.05) is 13.8 Å². The molecule has 0 aromatic carbocycles. The van der Waals surface area contributed by atoms with E-state index in [1.807, 2.05) is 0 Å². The van der Waals surface area contributed by atoms with Crippen molar-refractivity contribution in [3.63, 3.8) is 0 Å². The predicted molar refractivity (Wildman–Crippen MR) is 74.9 cm³/mol. The fourth-order valence-corrected chi connectivity index (χ4v) is 3.21. The average Bonchev–Trinajstić information content (AvgIpc) is 2.78. The Bertz CT molecular complexity index is 406. The molecule has 4 heteroatoms. The van der Waals surface area contributed by atoms with E-state index in [-0.39, 0.29) is 0 Å². The number of nitrogens with zero attached hydrogens (tertiary/aromatic N) is 2. The zero-order chi connectivity index (χ0) is 13.1. The fraction of sp³-hybridized carbons (Fsp3) is 0.714. The normalized spacial score (nSPS) is 18.4. The number of carbonyl (C=O) groups is 1. The molecule has 1 saturated heterocycles. The molecule has 0 bridgehead atoms. The maximum absolute atomic E-state index is 11.3. The fourth-order valence-electron chi connectivity index (χ4n) is 2.39. The first-order valence-corrected chi connectivity index (χ1v) is 7.61. The van der Waals surface area contributed by atoms with Crippen molar-refractivity contribution in [2.24, 2.45) is 5.92 Å². The third-order valence-corrected chi connectivity index (χ3v) is 4.81. The van der Waals surface area contributed by atoms with Gasteiger partial charge in [0.25, 0.3) is 0 Å². The van der Waals surface area contributed by atoms with Crippen molar-refractivity contribution in [1.82, 2.24) is 9.88 Å². The van der Waals surface area contributed by atoms with Gasteiger partial charge in [0.15, 0.2) is 0 Å². The monoisotopic (exact) mass is 266 g/mol. The summed E-state index contributed by atoms with van der Waals surface area (Å²) in [5.41, 5.74) is 1.19.